The van der Waals surface area contributed by atoms with Crippen molar-refractivity contribution in [3.05, 3.63) is 63.6 Å². The lowest BCUT2D eigenvalue weighted by molar-refractivity contribution is 0.790. The van der Waals surface area contributed by atoms with E-state index in [4.69, 9.17) is 12.2 Å². The fraction of sp³-hybridized carbons (Fsp3) is 0.0714. The van der Waals surface area contributed by atoms with Gasteiger partial charge >= 0.3 is 0 Å². The third kappa shape index (κ3) is 2.71. The van der Waals surface area contributed by atoms with Gasteiger partial charge in [0.2, 0.25) is 0 Å². The molecule has 0 spiro atoms. The van der Waals surface area contributed by atoms with Crippen molar-refractivity contribution < 1.29 is 0 Å². The summed E-state index contributed by atoms with van der Waals surface area (Å²) in [4.78, 5) is 4.02. The van der Waals surface area contributed by atoms with Crippen molar-refractivity contribution in [3.8, 4) is 11.4 Å². The van der Waals surface area contributed by atoms with Crippen LogP contribution in [0, 0.1) is 4.77 Å². The Labute approximate surface area is 129 Å². The highest BCUT2D eigenvalue weighted by Gasteiger charge is 2.09. The second kappa shape index (κ2) is 5.68. The molecule has 1 N–H and O–H groups in total. The van der Waals surface area contributed by atoms with E-state index in [0.717, 1.165) is 21.4 Å². The number of hydrogen-bond donors (Lipinski definition) is 1. The minimum Gasteiger partial charge on any atom is -0.296 e. The quantitative estimate of drug-likeness (QED) is 0.733. The summed E-state index contributed by atoms with van der Waals surface area (Å²) in [5.41, 5.74) is 2.15. The largest absolute Gasteiger partial charge is 0.296 e. The van der Waals surface area contributed by atoms with Gasteiger partial charge in [0.05, 0.1) is 6.54 Å². The summed E-state index contributed by atoms with van der Waals surface area (Å²) in [5, 5.41) is 7.17. The van der Waals surface area contributed by atoms with Gasteiger partial charge in [0.25, 0.3) is 0 Å². The first-order valence-electron chi connectivity index (χ1n) is 6.04. The molecule has 0 aliphatic rings. The van der Waals surface area contributed by atoms with Crippen molar-refractivity contribution in [3.63, 3.8) is 0 Å². The first-order chi connectivity index (χ1) is 9.74. The van der Waals surface area contributed by atoms with Crippen LogP contribution in [0.2, 0.25) is 0 Å². The predicted octanol–water partition coefficient (Wildman–Crippen LogP) is 3.81. The zero-order chi connectivity index (χ0) is 13.9. The van der Waals surface area contributed by atoms with Crippen LogP contribution in [0.5, 0.6) is 0 Å². The van der Waals surface area contributed by atoms with Crippen LogP contribution in [0.3, 0.4) is 0 Å². The minimum absolute atomic E-state index is 0.608. The Morgan fingerprint density at radius 1 is 1.20 bits per heavy atom. The van der Waals surface area contributed by atoms with Crippen LogP contribution in [0.25, 0.3) is 11.4 Å². The summed E-state index contributed by atoms with van der Waals surface area (Å²) in [6.07, 6.45) is 3.49. The number of nitrogens with one attached hydrogen (secondary N) is 1. The molecule has 2 aromatic heterocycles. The molecule has 0 saturated heterocycles. The lowest BCUT2D eigenvalue weighted by Gasteiger charge is -2.07. The third-order valence-corrected chi connectivity index (χ3v) is 3.73. The van der Waals surface area contributed by atoms with E-state index in [2.05, 4.69) is 43.2 Å². The standard InChI is InChI=1S/C14H11BrN4S/c15-12-3-1-2-10(8-12)9-19-13(17-18-14(19)20)11-4-6-16-7-5-11/h1-8H,9H2,(H,18,20). The van der Waals surface area contributed by atoms with Crippen LogP contribution in [0.15, 0.2) is 53.3 Å². The second-order valence-corrected chi connectivity index (χ2v) is 5.61. The van der Waals surface area contributed by atoms with Gasteiger partial charge in [0.1, 0.15) is 0 Å². The van der Waals surface area contributed by atoms with E-state index in [0.29, 0.717) is 11.3 Å². The van der Waals surface area contributed by atoms with Crippen LogP contribution >= 0.6 is 28.1 Å². The van der Waals surface area contributed by atoms with E-state index < -0.39 is 0 Å². The molecule has 0 atom stereocenters. The number of aromatic amines is 1. The van der Waals surface area contributed by atoms with Gasteiger partial charge < -0.3 is 0 Å². The lowest BCUT2D eigenvalue weighted by atomic mass is 10.2. The zero-order valence-electron chi connectivity index (χ0n) is 10.5. The summed E-state index contributed by atoms with van der Waals surface area (Å²) >= 11 is 8.80. The molecule has 0 amide bonds. The molecular formula is C14H11BrN4S. The molecule has 3 aromatic rings. The van der Waals surface area contributed by atoms with E-state index >= 15 is 0 Å². The molecule has 6 heteroatoms. The summed E-state index contributed by atoms with van der Waals surface area (Å²) in [7, 11) is 0. The molecule has 0 saturated carbocycles. The van der Waals surface area contributed by atoms with Crippen LogP contribution in [0.1, 0.15) is 5.56 Å². The van der Waals surface area contributed by atoms with Crippen molar-refractivity contribution in [1.82, 2.24) is 19.7 Å². The fourth-order valence-electron chi connectivity index (χ4n) is 2.00. The number of H-pyrrole nitrogens is 1. The summed E-state index contributed by atoms with van der Waals surface area (Å²) < 4.78 is 3.64. The topological polar surface area (TPSA) is 46.5 Å². The smallest absolute Gasteiger partial charge is 0.195 e. The Morgan fingerprint density at radius 2 is 2.00 bits per heavy atom. The van der Waals surface area contributed by atoms with Crippen molar-refractivity contribution in [2.45, 2.75) is 6.54 Å². The van der Waals surface area contributed by atoms with E-state index in [-0.39, 0.29) is 0 Å². The number of benzene rings is 1. The highest BCUT2D eigenvalue weighted by atomic mass is 79.9. The molecule has 0 unspecified atom stereocenters. The maximum absolute atomic E-state index is 5.32. The molecule has 0 fully saturated rings. The van der Waals surface area contributed by atoms with Crippen molar-refractivity contribution in [2.24, 2.45) is 0 Å². The lowest BCUT2D eigenvalue weighted by Crippen LogP contribution is -2.02. The van der Waals surface area contributed by atoms with Gasteiger partial charge in [-0.15, -0.1) is 0 Å². The van der Waals surface area contributed by atoms with E-state index in [1.807, 2.05) is 28.8 Å². The predicted molar refractivity (Wildman–Crippen MR) is 83.9 cm³/mol. The fourth-order valence-corrected chi connectivity index (χ4v) is 2.65. The first-order valence-corrected chi connectivity index (χ1v) is 7.24. The van der Waals surface area contributed by atoms with E-state index in [1.54, 1.807) is 12.4 Å². The monoisotopic (exact) mass is 346 g/mol. The number of aromatic nitrogens is 4. The number of nitrogens with zero attached hydrogens (tertiary/aromatic N) is 3. The van der Waals surface area contributed by atoms with Crippen LogP contribution in [-0.2, 0) is 6.54 Å². The molecule has 1 aromatic carbocycles. The molecule has 0 aliphatic heterocycles. The van der Waals surface area contributed by atoms with Gasteiger partial charge in [-0.1, -0.05) is 28.1 Å². The second-order valence-electron chi connectivity index (χ2n) is 4.30. The molecule has 0 radical (unpaired) electrons. The number of halogens is 1. The number of hydrogen-bond acceptors (Lipinski definition) is 3. The van der Waals surface area contributed by atoms with Crippen LogP contribution < -0.4 is 0 Å². The molecule has 0 aliphatic carbocycles. The normalized spacial score (nSPS) is 10.7. The number of pyridine rings is 1. The van der Waals surface area contributed by atoms with E-state index in [1.165, 1.54) is 0 Å². The Balaban J connectivity index is 2.02. The molecule has 20 heavy (non-hydrogen) atoms. The van der Waals surface area contributed by atoms with Crippen molar-refractivity contribution >= 4 is 28.1 Å². The van der Waals surface area contributed by atoms with Gasteiger partial charge in [0.15, 0.2) is 10.6 Å². The Kier molecular flexibility index (Phi) is 3.75. The molecule has 0 bridgehead atoms. The minimum atomic E-state index is 0.608. The zero-order valence-corrected chi connectivity index (χ0v) is 12.9. The maximum Gasteiger partial charge on any atom is 0.195 e. The van der Waals surface area contributed by atoms with Crippen LogP contribution in [-0.4, -0.2) is 19.7 Å². The highest BCUT2D eigenvalue weighted by molar-refractivity contribution is 9.10. The van der Waals surface area contributed by atoms with Gasteiger partial charge in [-0.3, -0.25) is 14.6 Å². The SMILES string of the molecule is S=c1[nH]nc(-c2ccncc2)n1Cc1cccc(Br)c1. The molecule has 4 nitrogen and oxygen atoms in total. The molecule has 2 heterocycles. The van der Waals surface area contributed by atoms with E-state index in [9.17, 15) is 0 Å². The average Bonchev–Trinajstić information content (AvgIpc) is 2.81. The van der Waals surface area contributed by atoms with Crippen LogP contribution in [0.4, 0.5) is 0 Å². The average molecular weight is 347 g/mol. The number of rotatable bonds is 3. The highest BCUT2D eigenvalue weighted by Crippen LogP contribution is 2.19. The summed E-state index contributed by atoms with van der Waals surface area (Å²) in [6.45, 7) is 0.673. The van der Waals surface area contributed by atoms with Crippen molar-refractivity contribution in [2.75, 3.05) is 0 Å². The van der Waals surface area contributed by atoms with Gasteiger partial charge in [-0.05, 0) is 42.0 Å². The maximum atomic E-state index is 5.32. The Hall–Kier alpha value is -1.79. The third-order valence-electron chi connectivity index (χ3n) is 2.93. The van der Waals surface area contributed by atoms with Crippen molar-refractivity contribution in [1.29, 1.82) is 0 Å². The van der Waals surface area contributed by atoms with Gasteiger partial charge in [-0.2, -0.15) is 5.10 Å². The Morgan fingerprint density at radius 3 is 2.75 bits per heavy atom. The molecule has 3 rings (SSSR count). The Bertz CT molecular complexity index is 779. The summed E-state index contributed by atoms with van der Waals surface area (Å²) in [5.74, 6) is 0.817. The molecule has 100 valence electrons. The van der Waals surface area contributed by atoms with Gasteiger partial charge in [-0.25, -0.2) is 0 Å². The molecular weight excluding hydrogens is 336 g/mol. The van der Waals surface area contributed by atoms with Gasteiger partial charge in [0, 0.05) is 22.4 Å². The summed E-state index contributed by atoms with van der Waals surface area (Å²) in [6, 6.07) is 12.0. The first kappa shape index (κ1) is 13.2.